The Bertz CT molecular complexity index is 446. The van der Waals surface area contributed by atoms with Crippen LogP contribution in [0.15, 0.2) is 15.9 Å². The van der Waals surface area contributed by atoms with E-state index in [0.717, 1.165) is 10.9 Å². The standard InChI is InChI=1S/C11H12BrNO3S/c1-16-11(15)8-3-2-5-13(8)10(14)9-7(12)4-6-17-9/h4,6,8H,2-3,5H2,1H3. The third-order valence-electron chi connectivity index (χ3n) is 2.80. The number of esters is 1. The molecule has 0 aromatic carbocycles. The number of likely N-dealkylation sites (tertiary alicyclic amines) is 1. The highest BCUT2D eigenvalue weighted by atomic mass is 79.9. The van der Waals surface area contributed by atoms with Gasteiger partial charge in [0.05, 0.1) is 7.11 Å². The summed E-state index contributed by atoms with van der Waals surface area (Å²) in [7, 11) is 1.35. The van der Waals surface area contributed by atoms with Crippen molar-refractivity contribution in [3.8, 4) is 0 Å². The predicted octanol–water partition coefficient (Wildman–Crippen LogP) is 2.29. The lowest BCUT2D eigenvalue weighted by molar-refractivity contribution is -0.145. The largest absolute Gasteiger partial charge is 0.467 e. The van der Waals surface area contributed by atoms with Gasteiger partial charge in [0.15, 0.2) is 0 Å². The van der Waals surface area contributed by atoms with E-state index in [1.165, 1.54) is 18.4 Å². The van der Waals surface area contributed by atoms with Crippen LogP contribution in [0, 0.1) is 0 Å². The van der Waals surface area contributed by atoms with Crippen molar-refractivity contribution in [3.05, 3.63) is 20.8 Å². The van der Waals surface area contributed by atoms with Crippen molar-refractivity contribution in [3.63, 3.8) is 0 Å². The summed E-state index contributed by atoms with van der Waals surface area (Å²) < 4.78 is 5.50. The van der Waals surface area contributed by atoms with Gasteiger partial charge in [-0.25, -0.2) is 4.79 Å². The molecule has 1 aliphatic rings. The fourth-order valence-electron chi connectivity index (χ4n) is 1.97. The number of carbonyl (C=O) groups excluding carboxylic acids is 2. The van der Waals surface area contributed by atoms with E-state index in [9.17, 15) is 9.59 Å². The van der Waals surface area contributed by atoms with Gasteiger partial charge in [0.2, 0.25) is 0 Å². The van der Waals surface area contributed by atoms with E-state index >= 15 is 0 Å². The van der Waals surface area contributed by atoms with Gasteiger partial charge in [-0.15, -0.1) is 11.3 Å². The molecule has 2 rings (SSSR count). The lowest BCUT2D eigenvalue weighted by atomic mass is 10.2. The zero-order valence-corrected chi connectivity index (χ0v) is 11.7. The first-order chi connectivity index (χ1) is 8.15. The van der Waals surface area contributed by atoms with Gasteiger partial charge in [-0.2, -0.15) is 0 Å². The van der Waals surface area contributed by atoms with Crippen LogP contribution in [0.3, 0.4) is 0 Å². The smallest absolute Gasteiger partial charge is 0.328 e. The van der Waals surface area contributed by atoms with Crippen LogP contribution >= 0.6 is 27.3 Å². The summed E-state index contributed by atoms with van der Waals surface area (Å²) in [5.41, 5.74) is 0. The highest BCUT2D eigenvalue weighted by molar-refractivity contribution is 9.10. The van der Waals surface area contributed by atoms with Crippen LogP contribution in [0.25, 0.3) is 0 Å². The van der Waals surface area contributed by atoms with Crippen molar-refractivity contribution >= 4 is 39.1 Å². The van der Waals surface area contributed by atoms with Gasteiger partial charge in [-0.3, -0.25) is 4.79 Å². The van der Waals surface area contributed by atoms with E-state index in [1.54, 1.807) is 4.90 Å². The van der Waals surface area contributed by atoms with Gasteiger partial charge in [-0.05, 0) is 40.2 Å². The van der Waals surface area contributed by atoms with Crippen molar-refractivity contribution < 1.29 is 14.3 Å². The van der Waals surface area contributed by atoms with E-state index in [0.29, 0.717) is 17.8 Å². The normalized spacial score (nSPS) is 19.4. The molecule has 1 saturated heterocycles. The number of nitrogens with zero attached hydrogens (tertiary/aromatic N) is 1. The van der Waals surface area contributed by atoms with E-state index < -0.39 is 6.04 Å². The minimum atomic E-state index is -0.429. The number of methoxy groups -OCH3 is 1. The molecule has 4 nitrogen and oxygen atoms in total. The molecule has 0 N–H and O–H groups in total. The summed E-state index contributed by atoms with van der Waals surface area (Å²) >= 11 is 4.71. The molecule has 0 saturated carbocycles. The second-order valence-corrected chi connectivity index (χ2v) is 5.55. The fourth-order valence-corrected chi connectivity index (χ4v) is 3.46. The Morgan fingerprint density at radius 3 is 2.94 bits per heavy atom. The number of hydrogen-bond donors (Lipinski definition) is 0. The topological polar surface area (TPSA) is 46.6 Å². The van der Waals surface area contributed by atoms with Crippen LogP contribution in [-0.4, -0.2) is 36.5 Å². The molecule has 0 aliphatic carbocycles. The Morgan fingerprint density at radius 1 is 1.59 bits per heavy atom. The van der Waals surface area contributed by atoms with Gasteiger partial charge >= 0.3 is 5.97 Å². The average Bonchev–Trinajstić information content (AvgIpc) is 2.95. The second kappa shape index (κ2) is 5.18. The summed E-state index contributed by atoms with van der Waals surface area (Å²) in [5.74, 6) is -0.427. The molecule has 0 radical (unpaired) electrons. The first-order valence-corrected chi connectivity index (χ1v) is 6.94. The number of carbonyl (C=O) groups is 2. The van der Waals surface area contributed by atoms with Crippen molar-refractivity contribution in [2.24, 2.45) is 0 Å². The van der Waals surface area contributed by atoms with Crippen LogP contribution in [0.5, 0.6) is 0 Å². The van der Waals surface area contributed by atoms with E-state index in [1.807, 2.05) is 11.4 Å². The lowest BCUT2D eigenvalue weighted by Gasteiger charge is -2.22. The Labute approximate surface area is 112 Å². The lowest BCUT2D eigenvalue weighted by Crippen LogP contribution is -2.40. The SMILES string of the molecule is COC(=O)C1CCCN1C(=O)c1sccc1Br. The second-order valence-electron chi connectivity index (χ2n) is 3.78. The Hall–Kier alpha value is -0.880. The quantitative estimate of drug-likeness (QED) is 0.786. The number of thiophene rings is 1. The summed E-state index contributed by atoms with van der Waals surface area (Å²) in [4.78, 5) is 26.1. The molecule has 0 bridgehead atoms. The van der Waals surface area contributed by atoms with Crippen molar-refractivity contribution in [2.45, 2.75) is 18.9 Å². The first-order valence-electron chi connectivity index (χ1n) is 5.27. The zero-order valence-electron chi connectivity index (χ0n) is 9.31. The summed E-state index contributed by atoms with van der Waals surface area (Å²) in [5, 5.41) is 1.85. The maximum absolute atomic E-state index is 12.3. The maximum Gasteiger partial charge on any atom is 0.328 e. The molecule has 1 amide bonds. The number of hydrogen-bond acceptors (Lipinski definition) is 4. The molecule has 1 fully saturated rings. The Kier molecular flexibility index (Phi) is 3.83. The van der Waals surface area contributed by atoms with Crippen LogP contribution in [0.2, 0.25) is 0 Å². The van der Waals surface area contributed by atoms with Crippen LogP contribution in [0.4, 0.5) is 0 Å². The molecule has 1 unspecified atom stereocenters. The molecule has 1 aliphatic heterocycles. The molecule has 6 heteroatoms. The van der Waals surface area contributed by atoms with E-state index in [2.05, 4.69) is 15.9 Å². The Morgan fingerprint density at radius 2 is 2.35 bits per heavy atom. The van der Waals surface area contributed by atoms with Gasteiger partial charge in [0, 0.05) is 11.0 Å². The monoisotopic (exact) mass is 317 g/mol. The minimum Gasteiger partial charge on any atom is -0.467 e. The Balaban J connectivity index is 2.19. The molecular weight excluding hydrogens is 306 g/mol. The predicted molar refractivity (Wildman–Crippen MR) is 68.1 cm³/mol. The average molecular weight is 318 g/mol. The molecule has 1 atom stereocenters. The van der Waals surface area contributed by atoms with Crippen molar-refractivity contribution in [1.82, 2.24) is 4.90 Å². The highest BCUT2D eigenvalue weighted by Gasteiger charge is 2.36. The molecular formula is C11H12BrNO3S. The molecule has 2 heterocycles. The number of halogens is 1. The number of rotatable bonds is 2. The first kappa shape index (κ1) is 12.6. The van der Waals surface area contributed by atoms with Crippen molar-refractivity contribution in [1.29, 1.82) is 0 Å². The molecule has 1 aromatic rings. The molecule has 92 valence electrons. The molecule has 0 spiro atoms. The van der Waals surface area contributed by atoms with Crippen LogP contribution in [-0.2, 0) is 9.53 Å². The van der Waals surface area contributed by atoms with Crippen LogP contribution < -0.4 is 0 Å². The van der Waals surface area contributed by atoms with Crippen molar-refractivity contribution in [2.75, 3.05) is 13.7 Å². The van der Waals surface area contributed by atoms with E-state index in [4.69, 9.17) is 4.74 Å². The summed E-state index contributed by atoms with van der Waals surface area (Å²) in [6.07, 6.45) is 1.52. The van der Waals surface area contributed by atoms with Gasteiger partial charge in [0.25, 0.3) is 5.91 Å². The summed E-state index contributed by atoms with van der Waals surface area (Å²) in [6.45, 7) is 0.614. The number of ether oxygens (including phenoxy) is 1. The number of amides is 1. The van der Waals surface area contributed by atoms with E-state index in [-0.39, 0.29) is 11.9 Å². The third-order valence-corrected chi connectivity index (χ3v) is 4.62. The molecule has 17 heavy (non-hydrogen) atoms. The summed E-state index contributed by atoms with van der Waals surface area (Å²) in [6, 6.07) is 1.41. The minimum absolute atomic E-state index is 0.0974. The van der Waals surface area contributed by atoms with Gasteiger partial charge < -0.3 is 9.64 Å². The zero-order chi connectivity index (χ0) is 12.4. The van der Waals surface area contributed by atoms with Gasteiger partial charge in [0.1, 0.15) is 10.9 Å². The third kappa shape index (κ3) is 2.37. The van der Waals surface area contributed by atoms with Crippen LogP contribution in [0.1, 0.15) is 22.5 Å². The maximum atomic E-state index is 12.3. The van der Waals surface area contributed by atoms with Gasteiger partial charge in [-0.1, -0.05) is 0 Å². The highest BCUT2D eigenvalue weighted by Crippen LogP contribution is 2.28. The molecule has 1 aromatic heterocycles. The fraction of sp³-hybridized carbons (Fsp3) is 0.455.